The molecule has 34 heavy (non-hydrogen) atoms. The van der Waals surface area contributed by atoms with Crippen LogP contribution in [0, 0.1) is 0 Å². The van der Waals surface area contributed by atoms with Crippen LogP contribution in [0.5, 0.6) is 5.75 Å². The molecule has 1 unspecified atom stereocenters. The summed E-state index contributed by atoms with van der Waals surface area (Å²) in [5.41, 5.74) is 6.10. The van der Waals surface area contributed by atoms with Gasteiger partial charge < -0.3 is 15.4 Å². The zero-order valence-electron chi connectivity index (χ0n) is 18.2. The normalized spacial score (nSPS) is 12.1. The number of hydrogen-bond acceptors (Lipinski definition) is 3. The van der Waals surface area contributed by atoms with Gasteiger partial charge in [-0.1, -0.05) is 54.1 Å². The molecular formula is C25H22ClF3N2O3. The van der Waals surface area contributed by atoms with Crippen LogP contribution in [0.2, 0.25) is 5.02 Å². The van der Waals surface area contributed by atoms with Crippen molar-refractivity contribution in [1.82, 2.24) is 0 Å². The molecule has 0 aliphatic heterocycles. The standard InChI is InChI=1S/C25H22ClF3N2O3/c1-34-19-11-12-20(26)21(15-19)31(14-13-16-7-9-18(10-8-16)25(27,28)29)24(33)22(23(30)32)17-5-3-2-4-6-17/h2-12,15,22H,13-14H2,1H3,(H2,30,32). The molecule has 0 bridgehead atoms. The van der Waals surface area contributed by atoms with Crippen molar-refractivity contribution in [2.45, 2.75) is 18.5 Å². The highest BCUT2D eigenvalue weighted by Crippen LogP contribution is 2.33. The fourth-order valence-electron chi connectivity index (χ4n) is 3.51. The fraction of sp³-hybridized carbons (Fsp3) is 0.200. The maximum Gasteiger partial charge on any atom is 0.416 e. The highest BCUT2D eigenvalue weighted by molar-refractivity contribution is 6.34. The summed E-state index contributed by atoms with van der Waals surface area (Å²) in [6, 6.07) is 17.7. The summed E-state index contributed by atoms with van der Waals surface area (Å²) in [7, 11) is 1.46. The third-order valence-electron chi connectivity index (χ3n) is 5.28. The quantitative estimate of drug-likeness (QED) is 0.440. The number of anilines is 1. The molecule has 3 aromatic carbocycles. The molecule has 0 aliphatic carbocycles. The number of primary amides is 1. The van der Waals surface area contributed by atoms with E-state index >= 15 is 0 Å². The first-order chi connectivity index (χ1) is 16.1. The average Bonchev–Trinajstić information content (AvgIpc) is 2.80. The molecule has 2 amide bonds. The van der Waals surface area contributed by atoms with E-state index in [-0.39, 0.29) is 18.0 Å². The number of alkyl halides is 3. The first-order valence-electron chi connectivity index (χ1n) is 10.3. The SMILES string of the molecule is COc1ccc(Cl)c(N(CCc2ccc(C(F)(F)F)cc2)C(=O)C(C(N)=O)c2ccccc2)c1. The molecule has 0 aliphatic rings. The van der Waals surface area contributed by atoms with Crippen LogP contribution in [0.1, 0.15) is 22.6 Å². The largest absolute Gasteiger partial charge is 0.497 e. The maximum absolute atomic E-state index is 13.6. The molecule has 0 spiro atoms. The second-order valence-electron chi connectivity index (χ2n) is 7.50. The molecule has 9 heteroatoms. The highest BCUT2D eigenvalue weighted by atomic mass is 35.5. The van der Waals surface area contributed by atoms with E-state index in [2.05, 4.69) is 0 Å². The lowest BCUT2D eigenvalue weighted by molar-refractivity contribution is -0.137. The monoisotopic (exact) mass is 490 g/mol. The van der Waals surface area contributed by atoms with E-state index in [0.717, 1.165) is 12.1 Å². The Bertz CT molecular complexity index is 1150. The molecule has 0 saturated carbocycles. The number of hydrogen-bond donors (Lipinski definition) is 1. The Balaban J connectivity index is 1.97. The Morgan fingerprint density at radius 1 is 1.03 bits per heavy atom. The van der Waals surface area contributed by atoms with Crippen LogP contribution in [0.4, 0.5) is 18.9 Å². The van der Waals surface area contributed by atoms with Gasteiger partial charge in [0.25, 0.3) is 0 Å². The van der Waals surface area contributed by atoms with Crippen LogP contribution >= 0.6 is 11.6 Å². The maximum atomic E-state index is 13.6. The number of nitrogens with zero attached hydrogens (tertiary/aromatic N) is 1. The number of methoxy groups -OCH3 is 1. The van der Waals surface area contributed by atoms with Crippen molar-refractivity contribution in [3.05, 3.63) is 94.5 Å². The van der Waals surface area contributed by atoms with E-state index in [1.807, 2.05) is 0 Å². The predicted molar refractivity (Wildman–Crippen MR) is 124 cm³/mol. The van der Waals surface area contributed by atoms with Crippen LogP contribution in [-0.2, 0) is 22.2 Å². The van der Waals surface area contributed by atoms with Gasteiger partial charge in [-0.3, -0.25) is 9.59 Å². The van der Waals surface area contributed by atoms with Crippen LogP contribution in [0.15, 0.2) is 72.8 Å². The molecule has 0 heterocycles. The lowest BCUT2D eigenvalue weighted by atomic mass is 9.96. The molecule has 0 aromatic heterocycles. The predicted octanol–water partition coefficient (Wildman–Crippen LogP) is 5.21. The summed E-state index contributed by atoms with van der Waals surface area (Å²) in [6.45, 7) is 0.0354. The first-order valence-corrected chi connectivity index (χ1v) is 10.6. The number of ether oxygens (including phenoxy) is 1. The molecular weight excluding hydrogens is 469 g/mol. The number of carbonyl (C=O) groups excluding carboxylic acids is 2. The first kappa shape index (κ1) is 25.1. The second-order valence-corrected chi connectivity index (χ2v) is 7.91. The van der Waals surface area contributed by atoms with Gasteiger partial charge in [0.1, 0.15) is 11.7 Å². The van der Waals surface area contributed by atoms with Crippen molar-refractivity contribution >= 4 is 29.1 Å². The molecule has 2 N–H and O–H groups in total. The van der Waals surface area contributed by atoms with Crippen molar-refractivity contribution in [1.29, 1.82) is 0 Å². The number of amides is 2. The van der Waals surface area contributed by atoms with Gasteiger partial charge >= 0.3 is 6.18 Å². The molecule has 3 aromatic rings. The Kier molecular flexibility index (Phi) is 7.83. The third-order valence-corrected chi connectivity index (χ3v) is 5.60. The summed E-state index contributed by atoms with van der Waals surface area (Å²) in [6.07, 6.45) is -4.24. The topological polar surface area (TPSA) is 72.6 Å². The van der Waals surface area contributed by atoms with E-state index < -0.39 is 29.5 Å². The van der Waals surface area contributed by atoms with Gasteiger partial charge in [0.15, 0.2) is 0 Å². The van der Waals surface area contributed by atoms with Crippen molar-refractivity contribution in [2.75, 3.05) is 18.6 Å². The van der Waals surface area contributed by atoms with Crippen molar-refractivity contribution < 1.29 is 27.5 Å². The Hall–Kier alpha value is -3.52. The van der Waals surface area contributed by atoms with Crippen LogP contribution < -0.4 is 15.4 Å². The van der Waals surface area contributed by atoms with Gasteiger partial charge in [-0.15, -0.1) is 0 Å². The minimum atomic E-state index is -4.45. The Labute approximate surface area is 199 Å². The second kappa shape index (κ2) is 10.6. The van der Waals surface area contributed by atoms with Gasteiger partial charge in [0.2, 0.25) is 11.8 Å². The fourth-order valence-corrected chi connectivity index (χ4v) is 3.73. The van der Waals surface area contributed by atoms with Gasteiger partial charge in [0.05, 0.1) is 23.4 Å². The van der Waals surface area contributed by atoms with Crippen LogP contribution in [0.25, 0.3) is 0 Å². The van der Waals surface area contributed by atoms with E-state index in [1.54, 1.807) is 48.5 Å². The van der Waals surface area contributed by atoms with Crippen molar-refractivity contribution in [3.63, 3.8) is 0 Å². The summed E-state index contributed by atoms with van der Waals surface area (Å²) in [4.78, 5) is 27.2. The molecule has 5 nitrogen and oxygen atoms in total. The summed E-state index contributed by atoms with van der Waals surface area (Å²) in [5.74, 6) is -2.30. The summed E-state index contributed by atoms with van der Waals surface area (Å²) < 4.78 is 43.9. The number of carbonyl (C=O) groups is 2. The molecule has 3 rings (SSSR count). The van der Waals surface area contributed by atoms with Crippen molar-refractivity contribution in [3.8, 4) is 5.75 Å². The molecule has 178 valence electrons. The summed E-state index contributed by atoms with van der Waals surface area (Å²) >= 11 is 6.38. The number of halogens is 4. The smallest absolute Gasteiger partial charge is 0.416 e. The molecule has 0 fully saturated rings. The van der Waals surface area contributed by atoms with E-state index in [9.17, 15) is 22.8 Å². The number of benzene rings is 3. The van der Waals surface area contributed by atoms with Gasteiger partial charge in [0, 0.05) is 12.6 Å². The van der Waals surface area contributed by atoms with Crippen LogP contribution in [0.3, 0.4) is 0 Å². The van der Waals surface area contributed by atoms with E-state index in [4.69, 9.17) is 22.1 Å². The lowest BCUT2D eigenvalue weighted by Crippen LogP contribution is -2.41. The van der Waals surface area contributed by atoms with E-state index in [1.165, 1.54) is 24.1 Å². The van der Waals surface area contributed by atoms with E-state index in [0.29, 0.717) is 22.6 Å². The zero-order valence-corrected chi connectivity index (χ0v) is 18.9. The highest BCUT2D eigenvalue weighted by Gasteiger charge is 2.33. The molecule has 0 radical (unpaired) electrons. The van der Waals surface area contributed by atoms with Crippen LogP contribution in [-0.4, -0.2) is 25.5 Å². The van der Waals surface area contributed by atoms with Gasteiger partial charge in [-0.2, -0.15) is 13.2 Å². The third kappa shape index (κ3) is 5.88. The number of rotatable bonds is 8. The Morgan fingerprint density at radius 3 is 2.24 bits per heavy atom. The minimum absolute atomic E-state index is 0.0354. The summed E-state index contributed by atoms with van der Waals surface area (Å²) in [5, 5.41) is 0.234. The van der Waals surface area contributed by atoms with Crippen molar-refractivity contribution in [2.24, 2.45) is 5.73 Å². The lowest BCUT2D eigenvalue weighted by Gasteiger charge is -2.28. The van der Waals surface area contributed by atoms with Gasteiger partial charge in [-0.05, 0) is 41.8 Å². The molecule has 1 atom stereocenters. The minimum Gasteiger partial charge on any atom is -0.497 e. The number of nitrogens with two attached hydrogens (primary N) is 1. The van der Waals surface area contributed by atoms with Gasteiger partial charge in [-0.25, -0.2) is 0 Å². The Morgan fingerprint density at radius 2 is 1.68 bits per heavy atom. The average molecular weight is 491 g/mol. The zero-order chi connectivity index (χ0) is 24.9. The molecule has 0 saturated heterocycles.